The maximum absolute atomic E-state index is 12.7. The Morgan fingerprint density at radius 2 is 2.22 bits per heavy atom. The van der Waals surface area contributed by atoms with Crippen LogP contribution in [-0.4, -0.2) is 26.0 Å². The number of aryl methyl sites for hydroxylation is 1. The van der Waals surface area contributed by atoms with Gasteiger partial charge in [0.25, 0.3) is 0 Å². The van der Waals surface area contributed by atoms with Crippen molar-refractivity contribution < 1.29 is 9.53 Å². The quantitative estimate of drug-likeness (QED) is 0.834. The van der Waals surface area contributed by atoms with Crippen LogP contribution in [0.4, 0.5) is 0 Å². The van der Waals surface area contributed by atoms with Crippen LogP contribution in [0.25, 0.3) is 0 Å². The Kier molecular flexibility index (Phi) is 3.71. The SMILES string of the molecule is COc1ccc(C)cc1C(=O)C1(C)CCCNC1. The van der Waals surface area contributed by atoms with Gasteiger partial charge in [-0.3, -0.25) is 4.79 Å². The van der Waals surface area contributed by atoms with Crippen LogP contribution in [0.2, 0.25) is 0 Å². The summed E-state index contributed by atoms with van der Waals surface area (Å²) < 4.78 is 5.32. The zero-order valence-electron chi connectivity index (χ0n) is 11.4. The summed E-state index contributed by atoms with van der Waals surface area (Å²) in [5.41, 5.74) is 1.49. The van der Waals surface area contributed by atoms with Crippen LogP contribution in [0.1, 0.15) is 35.7 Å². The van der Waals surface area contributed by atoms with Crippen molar-refractivity contribution >= 4 is 5.78 Å². The van der Waals surface area contributed by atoms with Crippen LogP contribution in [-0.2, 0) is 0 Å². The zero-order chi connectivity index (χ0) is 13.2. The number of ketones is 1. The molecule has 2 rings (SSSR count). The number of ether oxygens (including phenoxy) is 1. The normalized spacial score (nSPS) is 23.7. The monoisotopic (exact) mass is 247 g/mol. The number of hydrogen-bond donors (Lipinski definition) is 1. The van der Waals surface area contributed by atoms with Crippen molar-refractivity contribution in [3.63, 3.8) is 0 Å². The Morgan fingerprint density at radius 1 is 1.44 bits per heavy atom. The number of rotatable bonds is 3. The van der Waals surface area contributed by atoms with E-state index in [1.54, 1.807) is 7.11 Å². The largest absolute Gasteiger partial charge is 0.496 e. The zero-order valence-corrected chi connectivity index (χ0v) is 11.4. The molecular weight excluding hydrogens is 226 g/mol. The van der Waals surface area contributed by atoms with Crippen LogP contribution in [0.5, 0.6) is 5.75 Å². The summed E-state index contributed by atoms with van der Waals surface area (Å²) in [5.74, 6) is 0.868. The molecule has 1 aliphatic heterocycles. The Labute approximate surface area is 109 Å². The molecule has 0 amide bonds. The number of Topliss-reactive ketones (excluding diaryl/α,β-unsaturated/α-hetero) is 1. The van der Waals surface area contributed by atoms with Crippen molar-refractivity contribution in [1.82, 2.24) is 5.32 Å². The Balaban J connectivity index is 2.35. The van der Waals surface area contributed by atoms with E-state index < -0.39 is 0 Å². The van der Waals surface area contributed by atoms with E-state index in [0.717, 1.165) is 31.5 Å². The van der Waals surface area contributed by atoms with Crippen LogP contribution in [0.3, 0.4) is 0 Å². The summed E-state index contributed by atoms with van der Waals surface area (Å²) in [7, 11) is 1.61. The fourth-order valence-corrected chi connectivity index (χ4v) is 2.57. The smallest absolute Gasteiger partial charge is 0.173 e. The van der Waals surface area contributed by atoms with E-state index in [-0.39, 0.29) is 11.2 Å². The summed E-state index contributed by atoms with van der Waals surface area (Å²) >= 11 is 0. The lowest BCUT2D eigenvalue weighted by Crippen LogP contribution is -2.43. The molecule has 0 saturated carbocycles. The Morgan fingerprint density at radius 3 is 2.83 bits per heavy atom. The highest BCUT2D eigenvalue weighted by atomic mass is 16.5. The highest BCUT2D eigenvalue weighted by Crippen LogP contribution is 2.33. The number of carbonyl (C=O) groups excluding carboxylic acids is 1. The third-order valence-electron chi connectivity index (χ3n) is 3.75. The Hall–Kier alpha value is -1.35. The molecule has 1 heterocycles. The standard InChI is InChI=1S/C15H21NO2/c1-11-5-6-13(18-3)12(9-11)14(17)15(2)7-4-8-16-10-15/h5-6,9,16H,4,7-8,10H2,1-3H3. The van der Waals surface area contributed by atoms with E-state index in [4.69, 9.17) is 4.74 Å². The lowest BCUT2D eigenvalue weighted by Gasteiger charge is -2.33. The van der Waals surface area contributed by atoms with Gasteiger partial charge in [0.05, 0.1) is 12.7 Å². The third-order valence-corrected chi connectivity index (χ3v) is 3.75. The van der Waals surface area contributed by atoms with Crippen molar-refractivity contribution in [3.05, 3.63) is 29.3 Å². The van der Waals surface area contributed by atoms with E-state index >= 15 is 0 Å². The van der Waals surface area contributed by atoms with Gasteiger partial charge >= 0.3 is 0 Å². The maximum Gasteiger partial charge on any atom is 0.173 e. The van der Waals surface area contributed by atoms with E-state index in [1.807, 2.05) is 32.0 Å². The first-order valence-corrected chi connectivity index (χ1v) is 6.47. The molecule has 3 heteroatoms. The van der Waals surface area contributed by atoms with Gasteiger partial charge in [-0.05, 0) is 38.4 Å². The fourth-order valence-electron chi connectivity index (χ4n) is 2.57. The van der Waals surface area contributed by atoms with Crippen LogP contribution >= 0.6 is 0 Å². The predicted octanol–water partition coefficient (Wildman–Crippen LogP) is 2.58. The van der Waals surface area contributed by atoms with Gasteiger partial charge < -0.3 is 10.1 Å². The molecule has 1 aromatic carbocycles. The van der Waals surface area contributed by atoms with Gasteiger partial charge in [-0.1, -0.05) is 18.6 Å². The van der Waals surface area contributed by atoms with Crippen molar-refractivity contribution in [2.24, 2.45) is 5.41 Å². The second-order valence-corrected chi connectivity index (χ2v) is 5.37. The van der Waals surface area contributed by atoms with E-state index in [9.17, 15) is 4.79 Å². The lowest BCUT2D eigenvalue weighted by atomic mass is 9.76. The minimum atomic E-state index is -0.306. The van der Waals surface area contributed by atoms with Gasteiger partial charge in [-0.15, -0.1) is 0 Å². The van der Waals surface area contributed by atoms with Crippen molar-refractivity contribution in [1.29, 1.82) is 0 Å². The van der Waals surface area contributed by atoms with Gasteiger partial charge in [0.15, 0.2) is 5.78 Å². The summed E-state index contributed by atoms with van der Waals surface area (Å²) in [5, 5.41) is 3.32. The van der Waals surface area contributed by atoms with Gasteiger partial charge in [-0.2, -0.15) is 0 Å². The second-order valence-electron chi connectivity index (χ2n) is 5.37. The minimum Gasteiger partial charge on any atom is -0.496 e. The number of carbonyl (C=O) groups is 1. The topological polar surface area (TPSA) is 38.3 Å². The summed E-state index contributed by atoms with van der Waals surface area (Å²) in [6.45, 7) is 5.80. The van der Waals surface area contributed by atoms with Crippen molar-refractivity contribution in [3.8, 4) is 5.75 Å². The number of piperidine rings is 1. The second kappa shape index (κ2) is 5.11. The summed E-state index contributed by atoms with van der Waals surface area (Å²) in [6.07, 6.45) is 1.99. The van der Waals surface area contributed by atoms with Crippen LogP contribution in [0.15, 0.2) is 18.2 Å². The first-order chi connectivity index (χ1) is 8.57. The number of hydrogen-bond acceptors (Lipinski definition) is 3. The molecule has 1 fully saturated rings. The van der Waals surface area contributed by atoms with E-state index in [2.05, 4.69) is 5.32 Å². The maximum atomic E-state index is 12.7. The average molecular weight is 247 g/mol. The molecule has 0 bridgehead atoms. The molecule has 0 aromatic heterocycles. The number of benzene rings is 1. The van der Waals surface area contributed by atoms with Crippen molar-refractivity contribution in [2.45, 2.75) is 26.7 Å². The molecule has 1 aromatic rings. The molecule has 1 unspecified atom stereocenters. The molecular formula is C15H21NO2. The summed E-state index contributed by atoms with van der Waals surface area (Å²) in [4.78, 5) is 12.7. The lowest BCUT2D eigenvalue weighted by molar-refractivity contribution is 0.0769. The number of nitrogens with one attached hydrogen (secondary N) is 1. The van der Waals surface area contributed by atoms with Gasteiger partial charge in [0.1, 0.15) is 5.75 Å². The van der Waals surface area contributed by atoms with E-state index in [0.29, 0.717) is 11.3 Å². The molecule has 18 heavy (non-hydrogen) atoms. The van der Waals surface area contributed by atoms with Crippen LogP contribution < -0.4 is 10.1 Å². The first-order valence-electron chi connectivity index (χ1n) is 6.47. The highest BCUT2D eigenvalue weighted by molar-refractivity contribution is 6.03. The predicted molar refractivity (Wildman–Crippen MR) is 72.3 cm³/mol. The van der Waals surface area contributed by atoms with Crippen LogP contribution in [0, 0.1) is 12.3 Å². The Bertz CT molecular complexity index is 448. The molecule has 0 aliphatic carbocycles. The molecule has 0 spiro atoms. The van der Waals surface area contributed by atoms with E-state index in [1.165, 1.54) is 0 Å². The minimum absolute atomic E-state index is 0.190. The average Bonchev–Trinajstić information content (AvgIpc) is 2.38. The molecule has 0 radical (unpaired) electrons. The fraction of sp³-hybridized carbons (Fsp3) is 0.533. The molecule has 1 saturated heterocycles. The summed E-state index contributed by atoms with van der Waals surface area (Å²) in [6, 6.07) is 5.78. The molecule has 1 aliphatic rings. The third kappa shape index (κ3) is 2.41. The molecule has 1 N–H and O–H groups in total. The van der Waals surface area contributed by atoms with Gasteiger partial charge in [-0.25, -0.2) is 0 Å². The molecule has 98 valence electrons. The molecule has 3 nitrogen and oxygen atoms in total. The first kappa shape index (κ1) is 13.1. The van der Waals surface area contributed by atoms with Crippen molar-refractivity contribution in [2.75, 3.05) is 20.2 Å². The number of methoxy groups -OCH3 is 1. The van der Waals surface area contributed by atoms with Gasteiger partial charge in [0.2, 0.25) is 0 Å². The highest BCUT2D eigenvalue weighted by Gasteiger charge is 2.36. The molecule has 1 atom stereocenters. The van der Waals surface area contributed by atoms with Gasteiger partial charge in [0, 0.05) is 12.0 Å².